The Bertz CT molecular complexity index is 975. The number of hydrogen-bond donors (Lipinski definition) is 1. The summed E-state index contributed by atoms with van der Waals surface area (Å²) in [5.41, 5.74) is 2.29. The molecule has 1 aliphatic carbocycles. The van der Waals surface area contributed by atoms with Crippen LogP contribution in [0.3, 0.4) is 0 Å². The normalized spacial score (nSPS) is 16.4. The summed E-state index contributed by atoms with van der Waals surface area (Å²) in [7, 11) is 0. The predicted octanol–water partition coefficient (Wildman–Crippen LogP) is 5.79. The molecule has 2 heterocycles. The van der Waals surface area contributed by atoms with E-state index in [0.29, 0.717) is 5.92 Å². The number of thiophene rings is 1. The smallest absolute Gasteiger partial charge is 0.225 e. The maximum Gasteiger partial charge on any atom is 0.225 e. The minimum Gasteiger partial charge on any atom is -0.340 e. The van der Waals surface area contributed by atoms with Crippen LogP contribution in [-0.2, 0) is 12.8 Å². The summed E-state index contributed by atoms with van der Waals surface area (Å²) in [6.45, 7) is 2.30. The van der Waals surface area contributed by atoms with Crippen molar-refractivity contribution in [3.63, 3.8) is 0 Å². The van der Waals surface area contributed by atoms with Crippen molar-refractivity contribution in [2.24, 2.45) is 5.92 Å². The number of anilines is 2. The molecule has 0 spiro atoms. The maximum atomic E-state index is 8.75. The van der Waals surface area contributed by atoms with Crippen molar-refractivity contribution in [1.82, 2.24) is 9.97 Å². The van der Waals surface area contributed by atoms with Crippen molar-refractivity contribution in [1.29, 1.82) is 5.26 Å². The van der Waals surface area contributed by atoms with Crippen molar-refractivity contribution in [2.45, 2.75) is 31.1 Å². The lowest BCUT2D eigenvalue weighted by molar-refractivity contribution is 0.509. The fraction of sp³-hybridized carbons (Fsp3) is 0.278. The summed E-state index contributed by atoms with van der Waals surface area (Å²) in [4.78, 5) is 12.2. The van der Waals surface area contributed by atoms with Gasteiger partial charge in [0.15, 0.2) is 0 Å². The van der Waals surface area contributed by atoms with Crippen LogP contribution in [0.5, 0.6) is 0 Å². The number of benzene rings is 1. The number of aromatic nitrogens is 2. The number of hydrogen-bond acceptors (Lipinski definition) is 6. The first-order valence-corrected chi connectivity index (χ1v) is 10.1. The third-order valence-corrected chi connectivity index (χ3v) is 6.32. The highest BCUT2D eigenvalue weighted by Gasteiger charge is 2.23. The van der Waals surface area contributed by atoms with E-state index in [9.17, 15) is 0 Å². The van der Waals surface area contributed by atoms with E-state index in [1.165, 1.54) is 16.9 Å². The summed E-state index contributed by atoms with van der Waals surface area (Å²) < 4.78 is 0. The van der Waals surface area contributed by atoms with E-state index in [-0.39, 0.29) is 5.28 Å². The van der Waals surface area contributed by atoms with Crippen LogP contribution in [0.15, 0.2) is 29.2 Å². The van der Waals surface area contributed by atoms with E-state index in [0.717, 1.165) is 51.2 Å². The van der Waals surface area contributed by atoms with E-state index in [1.54, 1.807) is 11.3 Å². The summed E-state index contributed by atoms with van der Waals surface area (Å²) in [6, 6.07) is 7.73. The van der Waals surface area contributed by atoms with Crippen LogP contribution in [0.2, 0.25) is 5.28 Å². The van der Waals surface area contributed by atoms with E-state index in [4.69, 9.17) is 16.9 Å². The first-order valence-electron chi connectivity index (χ1n) is 8.05. The molecular weight excluding hydrogens is 372 g/mol. The van der Waals surface area contributed by atoms with Crippen LogP contribution >= 0.6 is 34.7 Å². The second-order valence-electron chi connectivity index (χ2n) is 6.22. The highest BCUT2D eigenvalue weighted by Crippen LogP contribution is 2.41. The minimum absolute atomic E-state index is 0.262. The highest BCUT2D eigenvalue weighted by atomic mass is 35.5. The Hall–Kier alpha value is -1.81. The number of halogens is 1. The van der Waals surface area contributed by atoms with Gasteiger partial charge in [-0.15, -0.1) is 11.3 Å². The Balaban J connectivity index is 1.75. The zero-order valence-corrected chi connectivity index (χ0v) is 15.9. The fourth-order valence-electron chi connectivity index (χ4n) is 3.20. The Labute approximate surface area is 159 Å². The number of rotatable bonds is 3. The van der Waals surface area contributed by atoms with Crippen LogP contribution in [0, 0.1) is 16.6 Å². The fourth-order valence-corrected chi connectivity index (χ4v) is 5.18. The molecule has 0 radical (unpaired) electrons. The largest absolute Gasteiger partial charge is 0.340 e. The second-order valence-corrected chi connectivity index (χ2v) is 8.50. The number of thiocyanates is 1. The van der Waals surface area contributed by atoms with Gasteiger partial charge in [0.2, 0.25) is 5.28 Å². The number of thioether (sulfide) groups is 1. The number of nitrogens with one attached hydrogen (secondary N) is 1. The van der Waals surface area contributed by atoms with E-state index < -0.39 is 0 Å². The SMILES string of the molecule is CC1CCc2c(sc3nc(Cl)nc(Nc4ccc(SC#N)cc4)c23)C1. The third-order valence-electron chi connectivity index (χ3n) is 4.41. The summed E-state index contributed by atoms with van der Waals surface area (Å²) in [5, 5.41) is 15.6. The minimum atomic E-state index is 0.262. The van der Waals surface area contributed by atoms with Gasteiger partial charge in [-0.2, -0.15) is 10.2 Å². The van der Waals surface area contributed by atoms with Crippen molar-refractivity contribution in [3.05, 3.63) is 40.0 Å². The molecule has 0 aliphatic heterocycles. The van der Waals surface area contributed by atoms with Crippen molar-refractivity contribution in [2.75, 3.05) is 5.32 Å². The van der Waals surface area contributed by atoms with Gasteiger partial charge in [0.25, 0.3) is 0 Å². The Morgan fingerprint density at radius 1 is 1.32 bits per heavy atom. The molecule has 1 unspecified atom stereocenters. The highest BCUT2D eigenvalue weighted by molar-refractivity contribution is 8.03. The predicted molar refractivity (Wildman–Crippen MR) is 105 cm³/mol. The lowest BCUT2D eigenvalue weighted by Crippen LogP contribution is -2.09. The lowest BCUT2D eigenvalue weighted by Gasteiger charge is -2.18. The molecule has 2 aromatic heterocycles. The second kappa shape index (κ2) is 6.83. The Kier molecular flexibility index (Phi) is 4.55. The van der Waals surface area contributed by atoms with E-state index in [2.05, 4.69) is 27.6 Å². The third kappa shape index (κ3) is 3.32. The molecule has 126 valence electrons. The molecule has 1 N–H and O–H groups in total. The van der Waals surface area contributed by atoms with Gasteiger partial charge in [0.1, 0.15) is 16.0 Å². The van der Waals surface area contributed by atoms with Crippen LogP contribution in [-0.4, -0.2) is 9.97 Å². The molecule has 0 bridgehead atoms. The molecule has 7 heteroatoms. The van der Waals surface area contributed by atoms with Crippen molar-refractivity contribution < 1.29 is 0 Å². The quantitative estimate of drug-likeness (QED) is 0.351. The van der Waals surface area contributed by atoms with Crippen LogP contribution < -0.4 is 5.32 Å². The average Bonchev–Trinajstić information content (AvgIpc) is 2.93. The first-order chi connectivity index (χ1) is 12.1. The van der Waals surface area contributed by atoms with Gasteiger partial charge in [0, 0.05) is 15.5 Å². The first kappa shape index (κ1) is 16.6. The molecular formula is C18H15ClN4S2. The molecule has 0 saturated heterocycles. The molecule has 1 atom stereocenters. The van der Waals surface area contributed by atoms with Crippen molar-refractivity contribution in [3.8, 4) is 5.40 Å². The zero-order chi connectivity index (χ0) is 17.4. The van der Waals surface area contributed by atoms with Crippen LogP contribution in [0.25, 0.3) is 10.2 Å². The molecule has 3 aromatic rings. The van der Waals surface area contributed by atoms with Gasteiger partial charge < -0.3 is 5.32 Å². The van der Waals surface area contributed by atoms with Crippen LogP contribution in [0.1, 0.15) is 23.8 Å². The monoisotopic (exact) mass is 386 g/mol. The molecule has 0 amide bonds. The molecule has 0 fully saturated rings. The molecule has 1 aliphatic rings. The van der Waals surface area contributed by atoms with E-state index in [1.807, 2.05) is 24.3 Å². The van der Waals surface area contributed by atoms with Crippen LogP contribution in [0.4, 0.5) is 11.5 Å². The Morgan fingerprint density at radius 3 is 2.88 bits per heavy atom. The maximum absolute atomic E-state index is 8.75. The summed E-state index contributed by atoms with van der Waals surface area (Å²) >= 11 is 9.04. The standard InChI is InChI=1S/C18H15ClN4S2/c1-10-2-7-13-14(8-10)25-17-15(13)16(22-18(19)23-17)21-11-3-5-12(6-4-11)24-9-20/h3-6,10H,2,7-8H2,1H3,(H,21,22,23). The number of nitrogens with zero attached hydrogens (tertiary/aromatic N) is 3. The molecule has 0 saturated carbocycles. The van der Waals surface area contributed by atoms with Gasteiger partial charge >= 0.3 is 0 Å². The number of fused-ring (bicyclic) bond motifs is 3. The van der Waals surface area contributed by atoms with Gasteiger partial charge in [-0.25, -0.2) is 4.98 Å². The molecule has 4 rings (SSSR count). The van der Waals surface area contributed by atoms with E-state index >= 15 is 0 Å². The summed E-state index contributed by atoms with van der Waals surface area (Å²) in [6.07, 6.45) is 3.36. The van der Waals surface area contributed by atoms with Gasteiger partial charge in [0.05, 0.1) is 5.39 Å². The molecule has 25 heavy (non-hydrogen) atoms. The average molecular weight is 387 g/mol. The van der Waals surface area contributed by atoms with Gasteiger partial charge in [-0.3, -0.25) is 0 Å². The zero-order valence-electron chi connectivity index (χ0n) is 13.5. The summed E-state index contributed by atoms with van der Waals surface area (Å²) in [5.74, 6) is 1.48. The topological polar surface area (TPSA) is 61.6 Å². The molecule has 4 nitrogen and oxygen atoms in total. The number of aryl methyl sites for hydroxylation is 1. The Morgan fingerprint density at radius 2 is 2.12 bits per heavy atom. The molecule has 1 aromatic carbocycles. The lowest BCUT2D eigenvalue weighted by atomic mass is 9.89. The van der Waals surface area contributed by atoms with Crippen molar-refractivity contribution >= 4 is 56.4 Å². The number of nitriles is 1. The van der Waals surface area contributed by atoms with Gasteiger partial charge in [-0.05, 0) is 78.4 Å². The van der Waals surface area contributed by atoms with Gasteiger partial charge in [-0.1, -0.05) is 6.92 Å².